The molecule has 0 bridgehead atoms. The lowest BCUT2D eigenvalue weighted by molar-refractivity contribution is 0.158. The summed E-state index contributed by atoms with van der Waals surface area (Å²) in [5.74, 6) is 1.12. The second-order valence-electron chi connectivity index (χ2n) is 4.60. The van der Waals surface area contributed by atoms with Gasteiger partial charge in [0.2, 0.25) is 5.84 Å². The summed E-state index contributed by atoms with van der Waals surface area (Å²) < 4.78 is 1.76. The van der Waals surface area contributed by atoms with E-state index in [4.69, 9.17) is 4.84 Å². The van der Waals surface area contributed by atoms with E-state index in [0.29, 0.717) is 24.1 Å². The van der Waals surface area contributed by atoms with E-state index in [-0.39, 0.29) is 0 Å². The van der Waals surface area contributed by atoms with Gasteiger partial charge in [0, 0.05) is 12.4 Å². The van der Waals surface area contributed by atoms with Crippen LogP contribution in [0.1, 0.15) is 32.9 Å². The molecule has 0 saturated heterocycles. The molecule has 7 nitrogen and oxygen atoms in total. The lowest BCUT2D eigenvalue weighted by Crippen LogP contribution is -2.15. The van der Waals surface area contributed by atoms with Crippen molar-refractivity contribution in [2.45, 2.75) is 33.7 Å². The first-order chi connectivity index (χ1) is 9.74. The van der Waals surface area contributed by atoms with Crippen LogP contribution < -0.4 is 0 Å². The molecule has 0 amide bonds. The Bertz CT molecular complexity index is 545. The van der Waals surface area contributed by atoms with Gasteiger partial charge in [0.25, 0.3) is 0 Å². The van der Waals surface area contributed by atoms with Crippen molar-refractivity contribution in [1.82, 2.24) is 24.5 Å². The van der Waals surface area contributed by atoms with E-state index in [2.05, 4.69) is 34.2 Å². The number of rotatable bonds is 6. The van der Waals surface area contributed by atoms with Gasteiger partial charge in [0.15, 0.2) is 5.69 Å². The fraction of sp³-hybridized carbons (Fsp3) is 0.538. The highest BCUT2D eigenvalue weighted by molar-refractivity contribution is 5.97. The number of hydrogen-bond acceptors (Lipinski definition) is 5. The zero-order chi connectivity index (χ0) is 14.4. The summed E-state index contributed by atoms with van der Waals surface area (Å²) in [6.45, 7) is 7.51. The van der Waals surface area contributed by atoms with E-state index < -0.39 is 0 Å². The highest BCUT2D eigenvalue weighted by Gasteiger charge is 2.13. The van der Waals surface area contributed by atoms with Gasteiger partial charge in [-0.3, -0.25) is 4.57 Å². The minimum absolute atomic E-state index is 0.499. The summed E-state index contributed by atoms with van der Waals surface area (Å²) in [6.07, 6.45) is 7.93. The maximum Gasteiger partial charge on any atom is 0.206 e. The third kappa shape index (κ3) is 3.43. The second-order valence-corrected chi connectivity index (χ2v) is 4.60. The first kappa shape index (κ1) is 14.2. The molecule has 0 aliphatic heterocycles. The number of hydrogen-bond donors (Lipinski definition) is 0. The zero-order valence-electron chi connectivity index (χ0n) is 12.1. The van der Waals surface area contributed by atoms with Crippen LogP contribution in [-0.4, -0.2) is 37.0 Å². The minimum atomic E-state index is 0.499. The van der Waals surface area contributed by atoms with Gasteiger partial charge >= 0.3 is 0 Å². The van der Waals surface area contributed by atoms with Crippen molar-refractivity contribution in [1.29, 1.82) is 0 Å². The first-order valence-corrected chi connectivity index (χ1v) is 6.83. The molecular formula is C13H20N6O. The summed E-state index contributed by atoms with van der Waals surface area (Å²) in [4.78, 5) is 10.9. The number of imidazole rings is 1. The molecule has 1 unspecified atom stereocenters. The highest BCUT2D eigenvalue weighted by atomic mass is 16.6. The van der Waals surface area contributed by atoms with Crippen molar-refractivity contribution in [3.05, 3.63) is 30.6 Å². The maximum atomic E-state index is 5.15. The summed E-state index contributed by atoms with van der Waals surface area (Å²) in [7, 11) is 0. The van der Waals surface area contributed by atoms with Crippen molar-refractivity contribution >= 4 is 5.84 Å². The molecule has 0 aliphatic carbocycles. The highest BCUT2D eigenvalue weighted by Crippen LogP contribution is 2.05. The molecule has 2 aromatic heterocycles. The Morgan fingerprint density at radius 3 is 2.95 bits per heavy atom. The van der Waals surface area contributed by atoms with Gasteiger partial charge in [-0.05, 0) is 12.8 Å². The Morgan fingerprint density at radius 1 is 1.45 bits per heavy atom. The van der Waals surface area contributed by atoms with Crippen LogP contribution in [0.15, 0.2) is 30.1 Å². The third-order valence-corrected chi connectivity index (χ3v) is 2.97. The summed E-state index contributed by atoms with van der Waals surface area (Å²) in [5.41, 5.74) is 0.666. The van der Waals surface area contributed by atoms with Crippen molar-refractivity contribution in [2.24, 2.45) is 11.1 Å². The average molecular weight is 276 g/mol. The smallest absolute Gasteiger partial charge is 0.206 e. The van der Waals surface area contributed by atoms with Gasteiger partial charge in [0.05, 0.1) is 12.7 Å². The molecule has 108 valence electrons. The summed E-state index contributed by atoms with van der Waals surface area (Å²) in [5, 5.41) is 12.8. The minimum Gasteiger partial charge on any atom is -0.394 e. The monoisotopic (exact) mass is 276 g/mol. The van der Waals surface area contributed by atoms with E-state index in [9.17, 15) is 0 Å². The molecule has 0 aromatic carbocycles. The van der Waals surface area contributed by atoms with E-state index in [1.165, 1.54) is 0 Å². The van der Waals surface area contributed by atoms with Crippen LogP contribution in [0.4, 0.5) is 0 Å². The van der Waals surface area contributed by atoms with Crippen molar-refractivity contribution in [2.75, 3.05) is 6.61 Å². The van der Waals surface area contributed by atoms with Crippen LogP contribution in [0.2, 0.25) is 0 Å². The molecule has 1 atom stereocenters. The molecule has 2 aromatic rings. The fourth-order valence-electron chi connectivity index (χ4n) is 1.63. The topological polar surface area (TPSA) is 70.1 Å². The SMILES string of the molecule is CCON=C(c1cnn(CC(C)CC)n1)n1ccnc1. The molecule has 20 heavy (non-hydrogen) atoms. The number of nitrogens with zero attached hydrogens (tertiary/aromatic N) is 6. The van der Waals surface area contributed by atoms with Gasteiger partial charge in [-0.1, -0.05) is 25.4 Å². The molecule has 7 heteroatoms. The van der Waals surface area contributed by atoms with E-state index in [1.54, 1.807) is 34.3 Å². The summed E-state index contributed by atoms with van der Waals surface area (Å²) in [6, 6.07) is 0. The first-order valence-electron chi connectivity index (χ1n) is 6.83. The normalized spacial score (nSPS) is 13.4. The van der Waals surface area contributed by atoms with Crippen LogP contribution in [0.25, 0.3) is 0 Å². The quantitative estimate of drug-likeness (QED) is 0.458. The molecule has 0 N–H and O–H groups in total. The molecule has 0 saturated carbocycles. The zero-order valence-corrected chi connectivity index (χ0v) is 12.1. The van der Waals surface area contributed by atoms with Crippen LogP contribution in [0, 0.1) is 5.92 Å². The molecule has 2 rings (SSSR count). The van der Waals surface area contributed by atoms with Gasteiger partial charge in [-0.2, -0.15) is 9.90 Å². The Hall–Kier alpha value is -2.18. The van der Waals surface area contributed by atoms with E-state index >= 15 is 0 Å². The molecular weight excluding hydrogens is 256 g/mol. The second kappa shape index (κ2) is 6.83. The molecule has 0 radical (unpaired) electrons. The predicted molar refractivity (Wildman–Crippen MR) is 75.3 cm³/mol. The average Bonchev–Trinajstić information content (AvgIpc) is 3.11. The molecule has 0 fully saturated rings. The van der Waals surface area contributed by atoms with Gasteiger partial charge in [-0.15, -0.1) is 5.10 Å². The van der Waals surface area contributed by atoms with Crippen molar-refractivity contribution in [3.8, 4) is 0 Å². The summed E-state index contributed by atoms with van der Waals surface area (Å²) >= 11 is 0. The number of oxime groups is 1. The lowest BCUT2D eigenvalue weighted by atomic mass is 10.1. The van der Waals surface area contributed by atoms with Crippen molar-refractivity contribution in [3.63, 3.8) is 0 Å². The van der Waals surface area contributed by atoms with E-state index in [0.717, 1.165) is 13.0 Å². The van der Waals surface area contributed by atoms with Crippen LogP contribution >= 0.6 is 0 Å². The largest absolute Gasteiger partial charge is 0.394 e. The van der Waals surface area contributed by atoms with E-state index in [1.807, 2.05) is 6.92 Å². The Morgan fingerprint density at radius 2 is 2.30 bits per heavy atom. The van der Waals surface area contributed by atoms with Gasteiger partial charge in [0.1, 0.15) is 12.9 Å². The predicted octanol–water partition coefficient (Wildman–Crippen LogP) is 1.77. The lowest BCUT2D eigenvalue weighted by Gasteiger charge is -2.06. The van der Waals surface area contributed by atoms with Gasteiger partial charge < -0.3 is 4.84 Å². The Balaban J connectivity index is 2.22. The molecule has 0 aliphatic rings. The van der Waals surface area contributed by atoms with Crippen LogP contribution in [0.5, 0.6) is 0 Å². The standard InChI is InChI=1S/C13H20N6O/c1-4-11(3)9-19-15-8-12(16-19)13(17-20-5-2)18-7-6-14-10-18/h6-8,10-11H,4-5,9H2,1-3H3. The van der Waals surface area contributed by atoms with Crippen LogP contribution in [-0.2, 0) is 11.4 Å². The van der Waals surface area contributed by atoms with Crippen LogP contribution in [0.3, 0.4) is 0 Å². The molecule has 2 heterocycles. The Kier molecular flexibility index (Phi) is 4.86. The van der Waals surface area contributed by atoms with Gasteiger partial charge in [-0.25, -0.2) is 4.98 Å². The molecule has 0 spiro atoms. The Labute approximate surface area is 118 Å². The number of aromatic nitrogens is 5. The van der Waals surface area contributed by atoms with Crippen molar-refractivity contribution < 1.29 is 4.84 Å². The third-order valence-electron chi connectivity index (χ3n) is 2.97. The maximum absolute atomic E-state index is 5.15. The fourth-order valence-corrected chi connectivity index (χ4v) is 1.63.